The van der Waals surface area contributed by atoms with Gasteiger partial charge in [-0.3, -0.25) is 0 Å². The second-order valence-electron chi connectivity index (χ2n) is 3.29. The largest absolute Gasteiger partial charge is 0.378 e. The SMILES string of the molecule is Clc1cc(Br)c(NCc2sccc2Br)c(Br)c1. The van der Waals surface area contributed by atoms with Gasteiger partial charge in [0, 0.05) is 23.3 Å². The van der Waals surface area contributed by atoms with Crippen molar-refractivity contribution in [1.82, 2.24) is 0 Å². The van der Waals surface area contributed by atoms with E-state index in [2.05, 4.69) is 58.5 Å². The third-order valence-corrected chi connectivity index (χ3v) is 5.52. The standard InChI is InChI=1S/C11H7Br3ClNS/c12-7-1-2-17-10(7)5-16-11-8(13)3-6(15)4-9(11)14/h1-4,16H,5H2. The zero-order chi connectivity index (χ0) is 12.4. The number of nitrogens with one attached hydrogen (secondary N) is 1. The van der Waals surface area contributed by atoms with E-state index in [-0.39, 0.29) is 0 Å². The number of halogens is 4. The van der Waals surface area contributed by atoms with Gasteiger partial charge in [-0.05, 0) is 71.4 Å². The van der Waals surface area contributed by atoms with E-state index in [0.717, 1.165) is 25.7 Å². The lowest BCUT2D eigenvalue weighted by atomic mass is 10.3. The van der Waals surface area contributed by atoms with Crippen molar-refractivity contribution in [3.05, 3.63) is 46.9 Å². The van der Waals surface area contributed by atoms with Gasteiger partial charge in [-0.2, -0.15) is 0 Å². The Morgan fingerprint density at radius 3 is 2.29 bits per heavy atom. The van der Waals surface area contributed by atoms with Gasteiger partial charge >= 0.3 is 0 Å². The summed E-state index contributed by atoms with van der Waals surface area (Å²) in [6, 6.07) is 5.80. The molecule has 0 saturated carbocycles. The first kappa shape index (κ1) is 13.9. The summed E-state index contributed by atoms with van der Waals surface area (Å²) in [5.41, 5.74) is 1.01. The molecule has 1 aromatic heterocycles. The van der Waals surface area contributed by atoms with Crippen LogP contribution in [-0.2, 0) is 6.54 Å². The first-order chi connectivity index (χ1) is 8.08. The Morgan fingerprint density at radius 2 is 1.76 bits per heavy atom. The van der Waals surface area contributed by atoms with Gasteiger partial charge in [0.25, 0.3) is 0 Å². The fourth-order valence-corrected chi connectivity index (χ4v) is 4.71. The summed E-state index contributed by atoms with van der Waals surface area (Å²) in [6.45, 7) is 0.775. The monoisotopic (exact) mass is 457 g/mol. The molecule has 1 N–H and O–H groups in total. The Hall–Kier alpha value is 0.450. The first-order valence-electron chi connectivity index (χ1n) is 4.68. The van der Waals surface area contributed by atoms with E-state index in [1.807, 2.05) is 18.2 Å². The Balaban J connectivity index is 2.17. The highest BCUT2D eigenvalue weighted by Gasteiger charge is 2.08. The van der Waals surface area contributed by atoms with Gasteiger partial charge in [-0.15, -0.1) is 11.3 Å². The highest BCUT2D eigenvalue weighted by atomic mass is 79.9. The van der Waals surface area contributed by atoms with Crippen LogP contribution in [0.2, 0.25) is 5.02 Å². The van der Waals surface area contributed by atoms with Crippen molar-refractivity contribution in [3.63, 3.8) is 0 Å². The minimum atomic E-state index is 0.701. The van der Waals surface area contributed by atoms with Crippen molar-refractivity contribution in [1.29, 1.82) is 0 Å². The molecule has 0 saturated heterocycles. The minimum Gasteiger partial charge on any atom is -0.378 e. The Kier molecular flexibility index (Phi) is 4.95. The molecule has 0 unspecified atom stereocenters. The Bertz CT molecular complexity index is 518. The molecule has 2 rings (SSSR count). The Labute approximate surface area is 134 Å². The van der Waals surface area contributed by atoms with Gasteiger partial charge in [0.05, 0.1) is 12.2 Å². The highest BCUT2D eigenvalue weighted by molar-refractivity contribution is 9.11. The number of benzene rings is 1. The van der Waals surface area contributed by atoms with Crippen molar-refractivity contribution >= 4 is 76.4 Å². The molecule has 0 aliphatic rings. The van der Waals surface area contributed by atoms with Crippen molar-refractivity contribution in [3.8, 4) is 0 Å². The molecular formula is C11H7Br3ClNS. The van der Waals surface area contributed by atoms with Crippen LogP contribution in [0, 0.1) is 0 Å². The van der Waals surface area contributed by atoms with E-state index in [9.17, 15) is 0 Å². The zero-order valence-electron chi connectivity index (χ0n) is 8.44. The summed E-state index contributed by atoms with van der Waals surface area (Å²) in [4.78, 5) is 1.26. The summed E-state index contributed by atoms with van der Waals surface area (Å²) in [5.74, 6) is 0. The van der Waals surface area contributed by atoms with Gasteiger partial charge in [0.1, 0.15) is 0 Å². The summed E-state index contributed by atoms with van der Waals surface area (Å²) in [6.07, 6.45) is 0. The Morgan fingerprint density at radius 1 is 1.12 bits per heavy atom. The van der Waals surface area contributed by atoms with Gasteiger partial charge in [0.15, 0.2) is 0 Å². The lowest BCUT2D eigenvalue weighted by Crippen LogP contribution is -1.99. The molecule has 0 spiro atoms. The normalized spacial score (nSPS) is 10.6. The van der Waals surface area contributed by atoms with Crippen LogP contribution in [0.5, 0.6) is 0 Å². The molecule has 0 fully saturated rings. The molecule has 0 amide bonds. The van der Waals surface area contributed by atoms with E-state index in [0.29, 0.717) is 5.02 Å². The molecule has 0 aliphatic carbocycles. The summed E-state index contributed by atoms with van der Waals surface area (Å²) >= 11 is 18.2. The summed E-state index contributed by atoms with van der Waals surface area (Å²) < 4.78 is 3.03. The van der Waals surface area contributed by atoms with Crippen molar-refractivity contribution in [2.24, 2.45) is 0 Å². The van der Waals surface area contributed by atoms with Gasteiger partial charge in [-0.1, -0.05) is 11.6 Å². The second-order valence-corrected chi connectivity index (χ2v) is 7.29. The van der Waals surface area contributed by atoms with Crippen LogP contribution in [0.25, 0.3) is 0 Å². The van der Waals surface area contributed by atoms with E-state index in [4.69, 9.17) is 11.6 Å². The molecule has 90 valence electrons. The van der Waals surface area contributed by atoms with Crippen LogP contribution in [0.15, 0.2) is 37.0 Å². The number of hydrogen-bond donors (Lipinski definition) is 1. The second kappa shape index (κ2) is 6.06. The predicted molar refractivity (Wildman–Crippen MR) is 86.2 cm³/mol. The maximum atomic E-state index is 5.95. The predicted octanol–water partition coefficient (Wildman–Crippen LogP) is 6.30. The quantitative estimate of drug-likeness (QED) is 0.567. The van der Waals surface area contributed by atoms with Crippen molar-refractivity contribution < 1.29 is 0 Å². The fourth-order valence-electron chi connectivity index (χ4n) is 1.33. The van der Waals surface area contributed by atoms with Crippen molar-refractivity contribution in [2.75, 3.05) is 5.32 Å². The average Bonchev–Trinajstić information content (AvgIpc) is 2.62. The minimum absolute atomic E-state index is 0.701. The summed E-state index contributed by atoms with van der Waals surface area (Å²) in [7, 11) is 0. The van der Waals surface area contributed by atoms with Gasteiger partial charge in [0.2, 0.25) is 0 Å². The molecule has 17 heavy (non-hydrogen) atoms. The van der Waals surface area contributed by atoms with Crippen LogP contribution < -0.4 is 5.32 Å². The number of anilines is 1. The molecule has 0 bridgehead atoms. The molecule has 0 atom stereocenters. The number of thiophene rings is 1. The van der Waals surface area contributed by atoms with Crippen LogP contribution in [0.4, 0.5) is 5.69 Å². The van der Waals surface area contributed by atoms with Crippen LogP contribution >= 0.6 is 70.7 Å². The molecule has 1 heterocycles. The fraction of sp³-hybridized carbons (Fsp3) is 0.0909. The molecule has 0 aliphatic heterocycles. The third kappa shape index (κ3) is 3.47. The smallest absolute Gasteiger partial charge is 0.0633 e. The number of hydrogen-bond acceptors (Lipinski definition) is 2. The topological polar surface area (TPSA) is 12.0 Å². The molecular weight excluding hydrogens is 453 g/mol. The zero-order valence-corrected chi connectivity index (χ0v) is 14.8. The van der Waals surface area contributed by atoms with Crippen molar-refractivity contribution in [2.45, 2.75) is 6.54 Å². The molecule has 2 aromatic rings. The average molecular weight is 460 g/mol. The molecule has 1 aromatic carbocycles. The number of rotatable bonds is 3. The maximum Gasteiger partial charge on any atom is 0.0633 e. The molecule has 1 nitrogen and oxygen atoms in total. The van der Waals surface area contributed by atoms with E-state index < -0.39 is 0 Å². The van der Waals surface area contributed by atoms with E-state index in [1.165, 1.54) is 4.88 Å². The molecule has 0 radical (unpaired) electrons. The molecule has 6 heteroatoms. The van der Waals surface area contributed by atoms with Crippen LogP contribution in [0.3, 0.4) is 0 Å². The third-order valence-electron chi connectivity index (χ3n) is 2.12. The summed E-state index contributed by atoms with van der Waals surface area (Å²) in [5, 5.41) is 6.14. The van der Waals surface area contributed by atoms with E-state index in [1.54, 1.807) is 11.3 Å². The maximum absolute atomic E-state index is 5.95. The highest BCUT2D eigenvalue weighted by Crippen LogP contribution is 2.35. The van der Waals surface area contributed by atoms with Gasteiger partial charge in [-0.25, -0.2) is 0 Å². The van der Waals surface area contributed by atoms with Crippen LogP contribution in [0.1, 0.15) is 4.88 Å². The first-order valence-corrected chi connectivity index (χ1v) is 8.32. The van der Waals surface area contributed by atoms with Gasteiger partial charge < -0.3 is 5.32 Å². The van der Waals surface area contributed by atoms with E-state index >= 15 is 0 Å². The lowest BCUT2D eigenvalue weighted by Gasteiger charge is -2.10. The van der Waals surface area contributed by atoms with Crippen LogP contribution in [-0.4, -0.2) is 0 Å². The lowest BCUT2D eigenvalue weighted by molar-refractivity contribution is 1.17.